The maximum absolute atomic E-state index is 13.6. The molecule has 7 heteroatoms. The van der Waals surface area contributed by atoms with E-state index >= 15 is 0 Å². The second kappa shape index (κ2) is 8.02. The summed E-state index contributed by atoms with van der Waals surface area (Å²) in [6.07, 6.45) is -0.442. The number of carbonyl (C=O) groups excluding carboxylic acids is 2. The highest BCUT2D eigenvalue weighted by atomic mass is 19.1. The Labute approximate surface area is 143 Å². The minimum atomic E-state index is -1.03. The molecule has 0 aliphatic rings. The molecule has 128 valence electrons. The third-order valence-corrected chi connectivity index (χ3v) is 3.60. The van der Waals surface area contributed by atoms with Crippen LogP contribution in [-0.2, 0) is 22.4 Å². The molecule has 0 aliphatic carbocycles. The average Bonchev–Trinajstić information content (AvgIpc) is 2.58. The number of carbonyl (C=O) groups is 2. The fourth-order valence-corrected chi connectivity index (χ4v) is 2.28. The lowest BCUT2D eigenvalue weighted by atomic mass is 10.0. The molecule has 0 saturated heterocycles. The van der Waals surface area contributed by atoms with Crippen LogP contribution < -0.4 is 11.1 Å². The topological polar surface area (TPSA) is 96.0 Å². The minimum Gasteiger partial charge on any atom is -0.368 e. The van der Waals surface area contributed by atoms with E-state index in [0.29, 0.717) is 11.1 Å². The summed E-state index contributed by atoms with van der Waals surface area (Å²) >= 11 is 0. The zero-order valence-corrected chi connectivity index (χ0v) is 13.1. The molecule has 0 spiro atoms. The van der Waals surface area contributed by atoms with Gasteiger partial charge in [-0.25, -0.2) is 8.78 Å². The number of halogens is 2. The summed E-state index contributed by atoms with van der Waals surface area (Å²) in [5, 5.41) is 11.1. The van der Waals surface area contributed by atoms with Gasteiger partial charge in [0.25, 0.3) is 0 Å². The van der Waals surface area contributed by atoms with Crippen molar-refractivity contribution in [2.45, 2.75) is 18.9 Å². The number of nitrogens with two attached hydrogens (primary N) is 1. The van der Waals surface area contributed by atoms with Crippen molar-refractivity contribution < 1.29 is 18.4 Å². The van der Waals surface area contributed by atoms with Crippen LogP contribution in [0.5, 0.6) is 0 Å². The fraction of sp³-hybridized carbons (Fsp3) is 0.167. The smallest absolute Gasteiger partial charge is 0.240 e. The van der Waals surface area contributed by atoms with E-state index in [1.165, 1.54) is 6.07 Å². The zero-order chi connectivity index (χ0) is 18.4. The maximum atomic E-state index is 13.6. The highest BCUT2D eigenvalue weighted by Crippen LogP contribution is 2.13. The molecule has 0 radical (unpaired) electrons. The lowest BCUT2D eigenvalue weighted by Gasteiger charge is -2.16. The van der Waals surface area contributed by atoms with Crippen LogP contribution in [0.25, 0.3) is 0 Å². The van der Waals surface area contributed by atoms with Gasteiger partial charge in [-0.05, 0) is 29.8 Å². The molecule has 0 aliphatic heterocycles. The van der Waals surface area contributed by atoms with Crippen LogP contribution in [-0.4, -0.2) is 17.9 Å². The number of nitriles is 1. The largest absolute Gasteiger partial charge is 0.368 e. The lowest BCUT2D eigenvalue weighted by molar-refractivity contribution is -0.127. The van der Waals surface area contributed by atoms with Crippen LogP contribution in [0.15, 0.2) is 42.5 Å². The van der Waals surface area contributed by atoms with Crippen molar-refractivity contribution in [2.24, 2.45) is 5.73 Å². The molecule has 5 nitrogen and oxygen atoms in total. The fourth-order valence-electron chi connectivity index (χ4n) is 2.28. The zero-order valence-electron chi connectivity index (χ0n) is 13.1. The van der Waals surface area contributed by atoms with Gasteiger partial charge >= 0.3 is 0 Å². The molecule has 1 atom stereocenters. The van der Waals surface area contributed by atoms with Gasteiger partial charge in [0.1, 0.15) is 17.7 Å². The average molecular weight is 343 g/mol. The first-order valence-electron chi connectivity index (χ1n) is 7.41. The molecule has 0 saturated carbocycles. The highest BCUT2D eigenvalue weighted by Gasteiger charge is 2.20. The molecular weight excluding hydrogens is 328 g/mol. The van der Waals surface area contributed by atoms with Crippen molar-refractivity contribution in [3.05, 3.63) is 70.8 Å². The number of primary amides is 1. The summed E-state index contributed by atoms with van der Waals surface area (Å²) in [5.41, 5.74) is 6.05. The van der Waals surface area contributed by atoms with Crippen molar-refractivity contribution in [1.82, 2.24) is 5.32 Å². The van der Waals surface area contributed by atoms with Crippen LogP contribution in [0.3, 0.4) is 0 Å². The van der Waals surface area contributed by atoms with Crippen LogP contribution >= 0.6 is 0 Å². The molecule has 0 aromatic heterocycles. The third-order valence-electron chi connectivity index (χ3n) is 3.60. The van der Waals surface area contributed by atoms with Gasteiger partial charge in [-0.2, -0.15) is 5.26 Å². The minimum absolute atomic E-state index is 0.104. The summed E-state index contributed by atoms with van der Waals surface area (Å²) in [4.78, 5) is 23.6. The van der Waals surface area contributed by atoms with Crippen molar-refractivity contribution in [3.63, 3.8) is 0 Å². The lowest BCUT2D eigenvalue weighted by Crippen LogP contribution is -2.46. The first kappa shape index (κ1) is 18.1. The Hall–Kier alpha value is -3.27. The van der Waals surface area contributed by atoms with E-state index < -0.39 is 35.9 Å². The Morgan fingerprint density at radius 2 is 1.72 bits per heavy atom. The van der Waals surface area contributed by atoms with E-state index in [1.807, 2.05) is 6.07 Å². The number of nitrogens with zero attached hydrogens (tertiary/aromatic N) is 1. The van der Waals surface area contributed by atoms with E-state index in [9.17, 15) is 18.4 Å². The third kappa shape index (κ3) is 4.85. The summed E-state index contributed by atoms with van der Waals surface area (Å²) in [6, 6.07) is 10.7. The van der Waals surface area contributed by atoms with E-state index in [1.54, 1.807) is 24.3 Å². The van der Waals surface area contributed by atoms with E-state index in [0.717, 1.165) is 12.1 Å². The van der Waals surface area contributed by atoms with Gasteiger partial charge in [-0.15, -0.1) is 0 Å². The SMILES string of the molecule is N#Cc1ccc(C[C@H](NC(=O)Cc2c(F)cccc2F)C(N)=O)cc1. The molecule has 2 aromatic carbocycles. The van der Waals surface area contributed by atoms with Crippen LogP contribution in [0, 0.1) is 23.0 Å². The number of nitrogens with one attached hydrogen (secondary N) is 1. The normalized spacial score (nSPS) is 11.4. The molecule has 2 rings (SSSR count). The Bertz CT molecular complexity index is 809. The maximum Gasteiger partial charge on any atom is 0.240 e. The first-order valence-corrected chi connectivity index (χ1v) is 7.41. The summed E-state index contributed by atoms with van der Waals surface area (Å²) in [7, 11) is 0. The van der Waals surface area contributed by atoms with Gasteiger partial charge in [-0.3, -0.25) is 9.59 Å². The van der Waals surface area contributed by atoms with E-state index in [-0.39, 0.29) is 12.0 Å². The van der Waals surface area contributed by atoms with Crippen LogP contribution in [0.4, 0.5) is 8.78 Å². The van der Waals surface area contributed by atoms with E-state index in [2.05, 4.69) is 5.32 Å². The van der Waals surface area contributed by atoms with Crippen molar-refractivity contribution >= 4 is 11.8 Å². The van der Waals surface area contributed by atoms with Gasteiger partial charge in [-0.1, -0.05) is 18.2 Å². The summed E-state index contributed by atoms with van der Waals surface area (Å²) in [5.74, 6) is -3.16. The number of benzene rings is 2. The summed E-state index contributed by atoms with van der Waals surface area (Å²) in [6.45, 7) is 0. The Morgan fingerprint density at radius 3 is 2.24 bits per heavy atom. The van der Waals surface area contributed by atoms with Gasteiger partial charge in [0.2, 0.25) is 11.8 Å². The molecule has 3 N–H and O–H groups in total. The second-order valence-electron chi connectivity index (χ2n) is 5.41. The second-order valence-corrected chi connectivity index (χ2v) is 5.41. The number of hydrogen-bond acceptors (Lipinski definition) is 3. The first-order chi connectivity index (χ1) is 11.9. The summed E-state index contributed by atoms with van der Waals surface area (Å²) < 4.78 is 27.2. The Morgan fingerprint density at radius 1 is 1.12 bits per heavy atom. The predicted octanol–water partition coefficient (Wildman–Crippen LogP) is 1.59. The standard InChI is InChI=1S/C18H15F2N3O2/c19-14-2-1-3-15(20)13(14)9-17(24)23-16(18(22)25)8-11-4-6-12(10-21)7-5-11/h1-7,16H,8-9H2,(H2,22,25)(H,23,24)/t16-/m0/s1. The molecule has 2 aromatic rings. The molecule has 0 fully saturated rings. The number of rotatable bonds is 6. The van der Waals surface area contributed by atoms with Crippen molar-refractivity contribution in [1.29, 1.82) is 5.26 Å². The Balaban J connectivity index is 2.06. The van der Waals surface area contributed by atoms with Gasteiger partial charge in [0.05, 0.1) is 18.1 Å². The number of hydrogen-bond donors (Lipinski definition) is 2. The van der Waals surface area contributed by atoms with Crippen LogP contribution in [0.1, 0.15) is 16.7 Å². The molecule has 0 unspecified atom stereocenters. The van der Waals surface area contributed by atoms with Crippen molar-refractivity contribution in [3.8, 4) is 6.07 Å². The monoisotopic (exact) mass is 343 g/mol. The Kier molecular flexibility index (Phi) is 5.79. The predicted molar refractivity (Wildman–Crippen MR) is 86.0 cm³/mol. The molecule has 0 bridgehead atoms. The molecule has 0 heterocycles. The van der Waals surface area contributed by atoms with Crippen molar-refractivity contribution in [2.75, 3.05) is 0 Å². The van der Waals surface area contributed by atoms with E-state index in [4.69, 9.17) is 11.0 Å². The highest BCUT2D eigenvalue weighted by molar-refractivity contribution is 5.87. The quantitative estimate of drug-likeness (QED) is 0.834. The molecule has 25 heavy (non-hydrogen) atoms. The number of amides is 2. The molecule has 2 amide bonds. The van der Waals surface area contributed by atoms with Gasteiger partial charge in [0.15, 0.2) is 0 Å². The van der Waals surface area contributed by atoms with Gasteiger partial charge < -0.3 is 11.1 Å². The molecular formula is C18H15F2N3O2. The van der Waals surface area contributed by atoms with Gasteiger partial charge in [0, 0.05) is 12.0 Å². The van der Waals surface area contributed by atoms with Crippen LogP contribution in [0.2, 0.25) is 0 Å².